The van der Waals surface area contributed by atoms with Crippen molar-refractivity contribution in [3.8, 4) is 0 Å². The van der Waals surface area contributed by atoms with Crippen LogP contribution in [0.4, 0.5) is 4.79 Å². The Labute approximate surface area is 176 Å². The molecule has 2 amide bonds. The Morgan fingerprint density at radius 3 is 2.34 bits per heavy atom. The number of carbonyl (C=O) groups excluding carboxylic acids is 1. The molecule has 1 atom stereocenters. The van der Waals surface area contributed by atoms with Crippen molar-refractivity contribution in [2.45, 2.75) is 19.8 Å². The van der Waals surface area contributed by atoms with E-state index < -0.39 is 16.2 Å². The summed E-state index contributed by atoms with van der Waals surface area (Å²) in [5, 5.41) is 6.22. The van der Waals surface area contributed by atoms with E-state index in [1.807, 2.05) is 42.5 Å². The van der Waals surface area contributed by atoms with E-state index in [9.17, 15) is 13.2 Å². The molecule has 154 valence electrons. The molecule has 7 nitrogen and oxygen atoms in total. The molecule has 1 aliphatic rings. The molecule has 1 unspecified atom stereocenters. The highest BCUT2D eigenvalue weighted by atomic mass is 35.5. The fourth-order valence-corrected chi connectivity index (χ4v) is 4.51. The summed E-state index contributed by atoms with van der Waals surface area (Å²) in [4.78, 5) is 12.7. The standard InChI is InChI=1S/C20H23ClN4O3S/c1-3-24(4-2)29(27,28)23-20(26)25-14-18(15-8-6-5-7-9-15)19(22-25)16-10-12-17(21)13-11-16/h5-13,18H,3-4,14H2,1-2H3,(H,23,26). The second kappa shape index (κ2) is 8.94. The van der Waals surface area contributed by atoms with E-state index in [4.69, 9.17) is 11.6 Å². The number of amides is 2. The molecule has 0 saturated heterocycles. The summed E-state index contributed by atoms with van der Waals surface area (Å²) in [6, 6.07) is 16.1. The van der Waals surface area contributed by atoms with Crippen molar-refractivity contribution in [1.82, 2.24) is 14.0 Å². The Hall–Kier alpha value is -2.42. The van der Waals surface area contributed by atoms with Gasteiger partial charge in [0.1, 0.15) is 0 Å². The van der Waals surface area contributed by atoms with Crippen LogP contribution in [0.15, 0.2) is 59.7 Å². The fraction of sp³-hybridized carbons (Fsp3) is 0.300. The number of nitrogens with one attached hydrogen (secondary N) is 1. The molecule has 9 heteroatoms. The summed E-state index contributed by atoms with van der Waals surface area (Å²) in [6.07, 6.45) is 0. The Morgan fingerprint density at radius 2 is 1.76 bits per heavy atom. The van der Waals surface area contributed by atoms with Crippen molar-refractivity contribution in [2.24, 2.45) is 5.10 Å². The molecule has 1 N–H and O–H groups in total. The Balaban J connectivity index is 1.90. The number of hydrogen-bond donors (Lipinski definition) is 1. The zero-order valence-electron chi connectivity index (χ0n) is 16.2. The van der Waals surface area contributed by atoms with Crippen LogP contribution in [-0.2, 0) is 10.2 Å². The molecule has 2 aromatic rings. The van der Waals surface area contributed by atoms with E-state index in [2.05, 4.69) is 9.82 Å². The first-order chi connectivity index (χ1) is 13.9. The highest BCUT2D eigenvalue weighted by molar-refractivity contribution is 7.87. The molecule has 0 spiro atoms. The maximum Gasteiger partial charge on any atom is 0.352 e. The highest BCUT2D eigenvalue weighted by Gasteiger charge is 2.34. The second-order valence-electron chi connectivity index (χ2n) is 6.53. The number of hydrazone groups is 1. The Kier molecular flexibility index (Phi) is 6.56. The number of rotatable bonds is 6. The minimum absolute atomic E-state index is 0.181. The van der Waals surface area contributed by atoms with Gasteiger partial charge in [-0.3, -0.25) is 0 Å². The quantitative estimate of drug-likeness (QED) is 0.756. The van der Waals surface area contributed by atoms with Crippen LogP contribution in [0, 0.1) is 0 Å². The van der Waals surface area contributed by atoms with Crippen molar-refractivity contribution in [3.05, 3.63) is 70.7 Å². The zero-order chi connectivity index (χ0) is 21.0. The van der Waals surface area contributed by atoms with Gasteiger partial charge < -0.3 is 0 Å². The maximum atomic E-state index is 12.7. The summed E-state index contributed by atoms with van der Waals surface area (Å²) < 4.78 is 28.1. The number of nitrogens with zero attached hydrogens (tertiary/aromatic N) is 3. The van der Waals surface area contributed by atoms with Gasteiger partial charge in [0.2, 0.25) is 0 Å². The molecule has 0 fully saturated rings. The molecule has 0 bridgehead atoms. The molecule has 0 aromatic heterocycles. The van der Waals surface area contributed by atoms with E-state index in [0.29, 0.717) is 10.7 Å². The van der Waals surface area contributed by atoms with Gasteiger partial charge in [0.15, 0.2) is 0 Å². The fourth-order valence-electron chi connectivity index (χ4n) is 3.25. The summed E-state index contributed by atoms with van der Waals surface area (Å²) >= 11 is 5.99. The lowest BCUT2D eigenvalue weighted by Gasteiger charge is -2.21. The Bertz CT molecular complexity index is 990. The molecule has 3 rings (SSSR count). The van der Waals surface area contributed by atoms with E-state index in [0.717, 1.165) is 11.1 Å². The van der Waals surface area contributed by atoms with Crippen molar-refractivity contribution >= 4 is 33.6 Å². The molecule has 29 heavy (non-hydrogen) atoms. The monoisotopic (exact) mass is 434 g/mol. The van der Waals surface area contributed by atoms with Gasteiger partial charge in [-0.05, 0) is 23.3 Å². The first kappa shape index (κ1) is 21.3. The van der Waals surface area contributed by atoms with Gasteiger partial charge >= 0.3 is 16.2 Å². The summed E-state index contributed by atoms with van der Waals surface area (Å²) in [7, 11) is -3.92. The molecular weight excluding hydrogens is 412 g/mol. The van der Waals surface area contributed by atoms with Gasteiger partial charge in [0.05, 0.1) is 12.3 Å². The van der Waals surface area contributed by atoms with E-state index in [1.165, 1.54) is 9.31 Å². The number of urea groups is 1. The predicted molar refractivity (Wildman–Crippen MR) is 114 cm³/mol. The van der Waals surface area contributed by atoms with Gasteiger partial charge in [0.25, 0.3) is 0 Å². The topological polar surface area (TPSA) is 82.1 Å². The smallest absolute Gasteiger partial charge is 0.245 e. The largest absolute Gasteiger partial charge is 0.352 e. The molecule has 1 heterocycles. The number of hydrogen-bond acceptors (Lipinski definition) is 4. The normalized spacial score (nSPS) is 16.8. The third kappa shape index (κ3) is 4.77. The highest BCUT2D eigenvalue weighted by Crippen LogP contribution is 2.29. The van der Waals surface area contributed by atoms with Crippen molar-refractivity contribution in [1.29, 1.82) is 0 Å². The first-order valence-electron chi connectivity index (χ1n) is 9.34. The molecule has 0 saturated carbocycles. The average molecular weight is 435 g/mol. The molecular formula is C20H23ClN4O3S. The van der Waals surface area contributed by atoms with Crippen LogP contribution in [0.3, 0.4) is 0 Å². The van der Waals surface area contributed by atoms with Crippen molar-refractivity contribution in [3.63, 3.8) is 0 Å². The maximum absolute atomic E-state index is 12.7. The lowest BCUT2D eigenvalue weighted by molar-refractivity contribution is 0.209. The number of carbonyl (C=O) groups is 1. The van der Waals surface area contributed by atoms with Gasteiger partial charge in [-0.25, -0.2) is 14.5 Å². The van der Waals surface area contributed by atoms with Crippen LogP contribution < -0.4 is 4.72 Å². The van der Waals surface area contributed by atoms with Gasteiger partial charge in [-0.15, -0.1) is 0 Å². The van der Waals surface area contributed by atoms with Gasteiger partial charge in [-0.2, -0.15) is 17.8 Å². The third-order valence-electron chi connectivity index (χ3n) is 4.75. The molecule has 0 aliphatic carbocycles. The summed E-state index contributed by atoms with van der Waals surface area (Å²) in [5.74, 6) is -0.181. The second-order valence-corrected chi connectivity index (χ2v) is 8.64. The van der Waals surface area contributed by atoms with Gasteiger partial charge in [-0.1, -0.05) is 67.9 Å². The Morgan fingerprint density at radius 1 is 1.14 bits per heavy atom. The van der Waals surface area contributed by atoms with Crippen LogP contribution in [-0.4, -0.2) is 49.1 Å². The summed E-state index contributed by atoms with van der Waals surface area (Å²) in [6.45, 7) is 4.20. The minimum atomic E-state index is -3.92. The molecule has 2 aromatic carbocycles. The minimum Gasteiger partial charge on any atom is -0.245 e. The van der Waals surface area contributed by atoms with Crippen LogP contribution in [0.1, 0.15) is 30.9 Å². The summed E-state index contributed by atoms with van der Waals surface area (Å²) in [5.41, 5.74) is 2.50. The van der Waals surface area contributed by atoms with E-state index >= 15 is 0 Å². The number of benzene rings is 2. The third-order valence-corrected chi connectivity index (χ3v) is 6.63. The lowest BCUT2D eigenvalue weighted by Crippen LogP contribution is -2.47. The SMILES string of the molecule is CCN(CC)S(=O)(=O)NC(=O)N1CC(c2ccccc2)C(c2ccc(Cl)cc2)=N1. The predicted octanol–water partition coefficient (Wildman–Crippen LogP) is 3.44. The number of halogens is 1. The van der Waals surface area contributed by atoms with Crippen molar-refractivity contribution in [2.75, 3.05) is 19.6 Å². The first-order valence-corrected chi connectivity index (χ1v) is 11.2. The molecule has 1 aliphatic heterocycles. The van der Waals surface area contributed by atoms with Crippen LogP contribution >= 0.6 is 11.6 Å². The molecule has 0 radical (unpaired) electrons. The van der Waals surface area contributed by atoms with Gasteiger partial charge in [0, 0.05) is 24.0 Å². The van der Waals surface area contributed by atoms with Crippen LogP contribution in [0.25, 0.3) is 0 Å². The van der Waals surface area contributed by atoms with Crippen molar-refractivity contribution < 1.29 is 13.2 Å². The van der Waals surface area contributed by atoms with Crippen LogP contribution in [0.2, 0.25) is 5.02 Å². The van der Waals surface area contributed by atoms with E-state index in [1.54, 1.807) is 26.0 Å². The van der Waals surface area contributed by atoms with Crippen LogP contribution in [0.5, 0.6) is 0 Å². The average Bonchev–Trinajstić information content (AvgIpc) is 3.15. The zero-order valence-corrected chi connectivity index (χ0v) is 17.8. The lowest BCUT2D eigenvalue weighted by atomic mass is 9.91. The van der Waals surface area contributed by atoms with E-state index in [-0.39, 0.29) is 25.6 Å².